The van der Waals surface area contributed by atoms with E-state index < -0.39 is 0 Å². The van der Waals surface area contributed by atoms with E-state index in [4.69, 9.17) is 4.74 Å². The molecule has 7 heteroatoms. The number of nitro groups is 1. The molecule has 182 valence electrons. The summed E-state index contributed by atoms with van der Waals surface area (Å²) in [6.07, 6.45) is 5.86. The first-order chi connectivity index (χ1) is 16.4. The molecule has 34 heavy (non-hydrogen) atoms. The molecule has 4 rings (SSSR count). The van der Waals surface area contributed by atoms with Gasteiger partial charge in [0.15, 0.2) is 0 Å². The maximum absolute atomic E-state index is 12.7. The van der Waals surface area contributed by atoms with Crippen molar-refractivity contribution in [1.82, 2.24) is 9.80 Å². The molecule has 2 atom stereocenters. The molecule has 2 aliphatic rings. The van der Waals surface area contributed by atoms with Crippen molar-refractivity contribution >= 4 is 11.6 Å². The van der Waals surface area contributed by atoms with Gasteiger partial charge in [-0.2, -0.15) is 0 Å². The Morgan fingerprint density at radius 1 is 1.12 bits per heavy atom. The van der Waals surface area contributed by atoms with E-state index in [9.17, 15) is 14.9 Å². The van der Waals surface area contributed by atoms with Gasteiger partial charge in [-0.05, 0) is 42.0 Å². The van der Waals surface area contributed by atoms with Gasteiger partial charge in [0.1, 0.15) is 5.75 Å². The summed E-state index contributed by atoms with van der Waals surface area (Å²) in [5.74, 6) is 1.63. The van der Waals surface area contributed by atoms with Crippen molar-refractivity contribution in [1.29, 1.82) is 0 Å². The molecule has 2 aromatic rings. The van der Waals surface area contributed by atoms with Crippen LogP contribution < -0.4 is 4.74 Å². The van der Waals surface area contributed by atoms with E-state index in [-0.39, 0.29) is 16.5 Å². The van der Waals surface area contributed by atoms with Crippen LogP contribution in [0.2, 0.25) is 0 Å². The zero-order chi connectivity index (χ0) is 24.1. The fourth-order valence-corrected chi connectivity index (χ4v) is 5.69. The standard InChI is InChI=1S/C27H35N3O4/c1-20(31)29(24-8-4-3-5-9-24)18-23-17-28(16-21-11-13-25(14-12-21)30(32)33)19-27(23)22-7-6-10-26(15-22)34-2/h6-7,10-15,23-24,27H,3-5,8-9,16-19H2,1-2H3. The molecule has 0 spiro atoms. The first-order valence-electron chi connectivity index (χ1n) is 12.3. The number of benzene rings is 2. The molecule has 2 fully saturated rings. The van der Waals surface area contributed by atoms with Gasteiger partial charge in [0.05, 0.1) is 12.0 Å². The lowest BCUT2D eigenvalue weighted by molar-refractivity contribution is -0.384. The van der Waals surface area contributed by atoms with Gasteiger partial charge < -0.3 is 9.64 Å². The lowest BCUT2D eigenvalue weighted by atomic mass is 9.87. The summed E-state index contributed by atoms with van der Waals surface area (Å²) in [5.41, 5.74) is 2.41. The third-order valence-electron chi connectivity index (χ3n) is 7.44. The van der Waals surface area contributed by atoms with Crippen LogP contribution in [0.25, 0.3) is 0 Å². The monoisotopic (exact) mass is 465 g/mol. The van der Waals surface area contributed by atoms with Gasteiger partial charge in [0.2, 0.25) is 5.91 Å². The number of nitro benzene ring substituents is 1. The molecule has 1 heterocycles. The van der Waals surface area contributed by atoms with Crippen molar-refractivity contribution in [3.8, 4) is 5.75 Å². The van der Waals surface area contributed by atoms with E-state index in [1.165, 1.54) is 24.8 Å². The van der Waals surface area contributed by atoms with Gasteiger partial charge in [-0.3, -0.25) is 19.8 Å². The number of methoxy groups -OCH3 is 1. The number of nitrogens with zero attached hydrogens (tertiary/aromatic N) is 3. The lowest BCUT2D eigenvalue weighted by Crippen LogP contribution is -2.44. The predicted molar refractivity (Wildman–Crippen MR) is 132 cm³/mol. The average Bonchev–Trinajstić information content (AvgIpc) is 3.25. The number of hydrogen-bond donors (Lipinski definition) is 0. The molecule has 2 unspecified atom stereocenters. The minimum Gasteiger partial charge on any atom is -0.497 e. The molecule has 1 aliphatic carbocycles. The fraction of sp³-hybridized carbons (Fsp3) is 0.519. The van der Waals surface area contributed by atoms with E-state index in [0.717, 1.165) is 50.3 Å². The largest absolute Gasteiger partial charge is 0.497 e. The van der Waals surface area contributed by atoms with E-state index in [2.05, 4.69) is 21.9 Å². The van der Waals surface area contributed by atoms with Gasteiger partial charge in [-0.15, -0.1) is 0 Å². The fourth-order valence-electron chi connectivity index (χ4n) is 5.69. The summed E-state index contributed by atoms with van der Waals surface area (Å²) in [6, 6.07) is 15.5. The molecule has 1 aliphatic heterocycles. The van der Waals surface area contributed by atoms with E-state index in [1.54, 1.807) is 26.2 Å². The SMILES string of the molecule is COc1cccc(C2CN(Cc3ccc([N+](=O)[O-])cc3)CC2CN(C(C)=O)C2CCCCC2)c1. The Kier molecular flexibility index (Phi) is 7.83. The molecule has 0 N–H and O–H groups in total. The van der Waals surface area contributed by atoms with Gasteiger partial charge in [0, 0.05) is 57.2 Å². The second-order valence-electron chi connectivity index (χ2n) is 9.72. The molecule has 0 bridgehead atoms. The number of rotatable bonds is 8. The Labute approximate surface area is 201 Å². The normalized spacial score (nSPS) is 21.4. The predicted octanol–water partition coefficient (Wildman–Crippen LogP) is 5.00. The molecule has 7 nitrogen and oxygen atoms in total. The smallest absolute Gasteiger partial charge is 0.269 e. The van der Waals surface area contributed by atoms with Crippen LogP contribution in [0.15, 0.2) is 48.5 Å². The summed E-state index contributed by atoms with van der Waals surface area (Å²) in [5, 5.41) is 11.0. The third kappa shape index (κ3) is 5.76. The Bertz CT molecular complexity index is 988. The number of carbonyl (C=O) groups excluding carboxylic acids is 1. The number of carbonyl (C=O) groups is 1. The molecule has 0 radical (unpaired) electrons. The average molecular weight is 466 g/mol. The highest BCUT2D eigenvalue weighted by molar-refractivity contribution is 5.73. The van der Waals surface area contributed by atoms with Crippen LogP contribution in [-0.2, 0) is 11.3 Å². The lowest BCUT2D eigenvalue weighted by Gasteiger charge is -2.36. The molecular formula is C27H35N3O4. The highest BCUT2D eigenvalue weighted by Crippen LogP contribution is 2.37. The molecule has 1 amide bonds. The van der Waals surface area contributed by atoms with Crippen molar-refractivity contribution in [2.24, 2.45) is 5.92 Å². The molecule has 1 saturated carbocycles. The maximum atomic E-state index is 12.7. The third-order valence-corrected chi connectivity index (χ3v) is 7.44. The zero-order valence-corrected chi connectivity index (χ0v) is 20.2. The Morgan fingerprint density at radius 3 is 2.50 bits per heavy atom. The van der Waals surface area contributed by atoms with Crippen LogP contribution in [-0.4, -0.2) is 53.4 Å². The Balaban J connectivity index is 1.54. The van der Waals surface area contributed by atoms with Crippen LogP contribution >= 0.6 is 0 Å². The highest BCUT2D eigenvalue weighted by Gasteiger charge is 2.37. The summed E-state index contributed by atoms with van der Waals surface area (Å²) in [4.78, 5) is 27.8. The van der Waals surface area contributed by atoms with Gasteiger partial charge in [-0.1, -0.05) is 43.5 Å². The number of ether oxygens (including phenoxy) is 1. The van der Waals surface area contributed by atoms with E-state index in [1.807, 2.05) is 24.3 Å². The minimum atomic E-state index is -0.365. The van der Waals surface area contributed by atoms with Gasteiger partial charge in [-0.25, -0.2) is 0 Å². The van der Waals surface area contributed by atoms with Crippen molar-refractivity contribution in [3.63, 3.8) is 0 Å². The Morgan fingerprint density at radius 2 is 1.85 bits per heavy atom. The molecule has 0 aromatic heterocycles. The van der Waals surface area contributed by atoms with Crippen molar-refractivity contribution in [3.05, 3.63) is 69.8 Å². The van der Waals surface area contributed by atoms with Crippen molar-refractivity contribution < 1.29 is 14.5 Å². The zero-order valence-electron chi connectivity index (χ0n) is 20.2. The molecular weight excluding hydrogens is 430 g/mol. The van der Waals surface area contributed by atoms with E-state index in [0.29, 0.717) is 17.9 Å². The van der Waals surface area contributed by atoms with Crippen LogP contribution in [0.1, 0.15) is 56.1 Å². The highest BCUT2D eigenvalue weighted by atomic mass is 16.6. The van der Waals surface area contributed by atoms with Crippen molar-refractivity contribution in [2.75, 3.05) is 26.7 Å². The van der Waals surface area contributed by atoms with Crippen LogP contribution in [0.4, 0.5) is 5.69 Å². The first kappa shape index (κ1) is 24.2. The maximum Gasteiger partial charge on any atom is 0.269 e. The Hall–Kier alpha value is -2.93. The second kappa shape index (κ2) is 11.0. The number of non-ortho nitro benzene ring substituents is 1. The second-order valence-corrected chi connectivity index (χ2v) is 9.72. The van der Waals surface area contributed by atoms with Gasteiger partial charge >= 0.3 is 0 Å². The number of amides is 1. The van der Waals surface area contributed by atoms with Crippen LogP contribution in [0.3, 0.4) is 0 Å². The summed E-state index contributed by atoms with van der Waals surface area (Å²) < 4.78 is 5.48. The van der Waals surface area contributed by atoms with Gasteiger partial charge in [0.25, 0.3) is 5.69 Å². The minimum absolute atomic E-state index is 0.113. The summed E-state index contributed by atoms with van der Waals surface area (Å²) in [6.45, 7) is 4.97. The van der Waals surface area contributed by atoms with Crippen LogP contribution in [0.5, 0.6) is 5.75 Å². The van der Waals surface area contributed by atoms with Crippen molar-refractivity contribution in [2.45, 2.75) is 57.5 Å². The first-order valence-corrected chi connectivity index (χ1v) is 12.3. The van der Waals surface area contributed by atoms with Crippen LogP contribution in [0, 0.1) is 16.0 Å². The molecule has 2 aromatic carbocycles. The summed E-state index contributed by atoms with van der Waals surface area (Å²) in [7, 11) is 1.69. The summed E-state index contributed by atoms with van der Waals surface area (Å²) >= 11 is 0. The molecule has 1 saturated heterocycles. The number of hydrogen-bond acceptors (Lipinski definition) is 5. The number of likely N-dealkylation sites (tertiary alicyclic amines) is 1. The quantitative estimate of drug-likeness (QED) is 0.405. The van der Waals surface area contributed by atoms with E-state index >= 15 is 0 Å². The topological polar surface area (TPSA) is 75.9 Å².